The number of halogens is 3. The molecule has 3 aromatic carbocycles. The zero-order valence-corrected chi connectivity index (χ0v) is 21.3. The molecule has 162 valence electrons. The maximum atomic E-state index is 13.7. The molecule has 8 heteroatoms. The second-order valence-electron chi connectivity index (χ2n) is 7.21. The maximum Gasteiger partial charge on any atom is 0.307 e. The zero-order valence-electron chi connectivity index (χ0n) is 16.6. The summed E-state index contributed by atoms with van der Waals surface area (Å²) in [7, 11) is 0. The second-order valence-corrected chi connectivity index (χ2v) is 9.96. The Hall–Kier alpha value is -2.42. The number of amides is 1. The molecule has 5 nitrogen and oxygen atoms in total. The van der Waals surface area contributed by atoms with E-state index in [2.05, 4.69) is 53.1 Å². The molecule has 1 heterocycles. The molecular weight excluding hydrogens is 604 g/mol. The molecule has 1 unspecified atom stereocenters. The molecule has 0 fully saturated rings. The van der Waals surface area contributed by atoms with E-state index < -0.39 is 12.0 Å². The van der Waals surface area contributed by atoms with Crippen LogP contribution < -0.4 is 10.2 Å². The van der Waals surface area contributed by atoms with Gasteiger partial charge in [-0.15, -0.1) is 0 Å². The van der Waals surface area contributed by atoms with Gasteiger partial charge in [-0.2, -0.15) is 0 Å². The third-order valence-electron chi connectivity index (χ3n) is 5.09. The van der Waals surface area contributed by atoms with Crippen LogP contribution in [0.25, 0.3) is 0 Å². The molecule has 0 spiro atoms. The Morgan fingerprint density at radius 1 is 0.844 bits per heavy atom. The van der Waals surface area contributed by atoms with E-state index in [0.29, 0.717) is 16.9 Å². The summed E-state index contributed by atoms with van der Waals surface area (Å²) < 4.78 is 2.70. The van der Waals surface area contributed by atoms with Crippen molar-refractivity contribution < 1.29 is 14.7 Å². The smallest absolute Gasteiger partial charge is 0.307 e. The third-order valence-corrected chi connectivity index (χ3v) is 6.67. The van der Waals surface area contributed by atoms with Gasteiger partial charge in [0.05, 0.1) is 12.5 Å². The molecule has 1 aliphatic heterocycles. The number of nitrogens with one attached hydrogen (secondary N) is 1. The van der Waals surface area contributed by atoms with Crippen molar-refractivity contribution in [3.63, 3.8) is 0 Å². The fourth-order valence-electron chi connectivity index (χ4n) is 3.69. The lowest BCUT2D eigenvalue weighted by Crippen LogP contribution is -2.31. The van der Waals surface area contributed by atoms with Gasteiger partial charge >= 0.3 is 5.97 Å². The molecular formula is C24H17Br3N2O3. The van der Waals surface area contributed by atoms with Crippen LogP contribution in [-0.2, 0) is 9.59 Å². The van der Waals surface area contributed by atoms with Gasteiger partial charge < -0.3 is 10.4 Å². The molecule has 0 saturated heterocycles. The minimum atomic E-state index is -0.998. The first kappa shape index (κ1) is 22.8. The third kappa shape index (κ3) is 4.82. The van der Waals surface area contributed by atoms with Gasteiger partial charge in [-0.05, 0) is 71.8 Å². The molecule has 3 aromatic rings. The van der Waals surface area contributed by atoms with E-state index in [1.165, 1.54) is 0 Å². The lowest BCUT2D eigenvalue weighted by molar-refractivity contribution is -0.136. The van der Waals surface area contributed by atoms with Crippen molar-refractivity contribution in [1.29, 1.82) is 0 Å². The van der Waals surface area contributed by atoms with Gasteiger partial charge in [0.15, 0.2) is 0 Å². The fourth-order valence-corrected chi connectivity index (χ4v) is 4.48. The minimum absolute atomic E-state index is 0.266. The highest BCUT2D eigenvalue weighted by atomic mass is 79.9. The van der Waals surface area contributed by atoms with Crippen molar-refractivity contribution in [3.8, 4) is 0 Å². The van der Waals surface area contributed by atoms with Crippen LogP contribution in [0.1, 0.15) is 18.0 Å². The Morgan fingerprint density at radius 3 is 1.88 bits per heavy atom. The molecule has 0 aromatic heterocycles. The SMILES string of the molecule is O=C(O)CC1=C(Nc2ccc(Br)cc2)C(=O)N(c2ccc(Br)cc2)C1c1ccc(Br)cc1. The summed E-state index contributed by atoms with van der Waals surface area (Å²) in [6.45, 7) is 0. The van der Waals surface area contributed by atoms with Crippen molar-refractivity contribution in [2.24, 2.45) is 0 Å². The standard InChI is InChI=1S/C24H17Br3N2O3/c25-15-3-1-14(2-4-15)23-20(13-21(30)31)22(28-18-9-5-16(26)6-10-18)24(32)29(23)19-11-7-17(27)8-12-19/h1-12,23,28H,13H2,(H,30,31). The van der Waals surface area contributed by atoms with E-state index in [-0.39, 0.29) is 18.0 Å². The van der Waals surface area contributed by atoms with Crippen molar-refractivity contribution in [3.05, 3.63) is 103 Å². The molecule has 2 N–H and O–H groups in total. The van der Waals surface area contributed by atoms with Gasteiger partial charge in [0.25, 0.3) is 5.91 Å². The first-order valence-electron chi connectivity index (χ1n) is 9.65. The summed E-state index contributed by atoms with van der Waals surface area (Å²) >= 11 is 10.3. The van der Waals surface area contributed by atoms with Crippen LogP contribution in [0, 0.1) is 0 Å². The van der Waals surface area contributed by atoms with Crippen LogP contribution >= 0.6 is 47.8 Å². The average molecular weight is 621 g/mol. The van der Waals surface area contributed by atoms with Crippen LogP contribution in [0.15, 0.2) is 97.5 Å². The number of carboxylic acid groups (broad SMARTS) is 1. The Bertz CT molecular complexity index is 1190. The molecule has 1 amide bonds. The zero-order chi connectivity index (χ0) is 22.8. The number of carbonyl (C=O) groups excluding carboxylic acids is 1. The van der Waals surface area contributed by atoms with Gasteiger partial charge in [-0.25, -0.2) is 0 Å². The molecule has 0 saturated carbocycles. The van der Waals surface area contributed by atoms with E-state index >= 15 is 0 Å². The lowest BCUT2D eigenvalue weighted by Gasteiger charge is -2.27. The molecule has 4 rings (SSSR count). The number of benzene rings is 3. The van der Waals surface area contributed by atoms with E-state index in [1.54, 1.807) is 4.90 Å². The summed E-state index contributed by atoms with van der Waals surface area (Å²) in [5, 5.41) is 12.9. The Balaban J connectivity index is 1.86. The van der Waals surface area contributed by atoms with E-state index in [1.807, 2.05) is 72.8 Å². The van der Waals surface area contributed by atoms with Gasteiger partial charge in [0, 0.05) is 24.8 Å². The Kier molecular flexibility index (Phi) is 6.83. The highest BCUT2D eigenvalue weighted by Gasteiger charge is 2.41. The predicted octanol–water partition coefficient (Wildman–Crippen LogP) is 6.90. The van der Waals surface area contributed by atoms with Gasteiger partial charge in [0.1, 0.15) is 5.70 Å². The number of carbonyl (C=O) groups is 2. The first-order chi connectivity index (χ1) is 15.3. The summed E-state index contributed by atoms with van der Waals surface area (Å²) in [4.78, 5) is 27.1. The van der Waals surface area contributed by atoms with Gasteiger partial charge in [-0.3, -0.25) is 14.5 Å². The molecule has 0 radical (unpaired) electrons. The quantitative estimate of drug-likeness (QED) is 0.315. The largest absolute Gasteiger partial charge is 0.481 e. The van der Waals surface area contributed by atoms with Crippen LogP contribution in [0.5, 0.6) is 0 Å². The monoisotopic (exact) mass is 618 g/mol. The van der Waals surface area contributed by atoms with Crippen molar-refractivity contribution in [2.45, 2.75) is 12.5 Å². The summed E-state index contributed by atoms with van der Waals surface area (Å²) in [6, 6.07) is 21.8. The van der Waals surface area contributed by atoms with E-state index in [0.717, 1.165) is 19.0 Å². The maximum absolute atomic E-state index is 13.7. The number of hydrogen-bond donors (Lipinski definition) is 2. The van der Waals surface area contributed by atoms with Crippen molar-refractivity contribution >= 4 is 71.0 Å². The first-order valence-corrected chi connectivity index (χ1v) is 12.0. The van der Waals surface area contributed by atoms with E-state index in [4.69, 9.17) is 0 Å². The van der Waals surface area contributed by atoms with Crippen LogP contribution in [0.2, 0.25) is 0 Å². The molecule has 32 heavy (non-hydrogen) atoms. The van der Waals surface area contributed by atoms with E-state index in [9.17, 15) is 14.7 Å². The highest BCUT2D eigenvalue weighted by Crippen LogP contribution is 2.43. The molecule has 1 aliphatic rings. The minimum Gasteiger partial charge on any atom is -0.481 e. The van der Waals surface area contributed by atoms with Gasteiger partial charge in [0.2, 0.25) is 0 Å². The number of carboxylic acids is 1. The second kappa shape index (κ2) is 9.60. The van der Waals surface area contributed by atoms with Crippen molar-refractivity contribution in [1.82, 2.24) is 0 Å². The highest BCUT2D eigenvalue weighted by molar-refractivity contribution is 9.11. The summed E-state index contributed by atoms with van der Waals surface area (Å²) in [5.74, 6) is -1.28. The normalized spacial score (nSPS) is 15.9. The van der Waals surface area contributed by atoms with Crippen molar-refractivity contribution in [2.75, 3.05) is 10.2 Å². The number of rotatable bonds is 6. The summed E-state index contributed by atoms with van der Waals surface area (Å²) in [6.07, 6.45) is -0.266. The number of hydrogen-bond acceptors (Lipinski definition) is 3. The fraction of sp³-hybridized carbons (Fsp3) is 0.0833. The number of nitrogens with zero attached hydrogens (tertiary/aromatic N) is 1. The van der Waals surface area contributed by atoms with Crippen LogP contribution in [0.3, 0.4) is 0 Å². The average Bonchev–Trinajstić information content (AvgIpc) is 3.02. The Morgan fingerprint density at radius 2 is 1.34 bits per heavy atom. The number of aliphatic carboxylic acids is 1. The molecule has 1 atom stereocenters. The van der Waals surface area contributed by atoms with Crippen LogP contribution in [0.4, 0.5) is 11.4 Å². The summed E-state index contributed by atoms with van der Waals surface area (Å²) in [5.41, 5.74) is 3.00. The molecule has 0 bridgehead atoms. The molecule has 0 aliphatic carbocycles. The number of anilines is 2. The topological polar surface area (TPSA) is 69.6 Å². The lowest BCUT2D eigenvalue weighted by atomic mass is 9.96. The van der Waals surface area contributed by atoms with Crippen LogP contribution in [-0.4, -0.2) is 17.0 Å². The predicted molar refractivity (Wildman–Crippen MR) is 136 cm³/mol. The Labute approximate surface area is 210 Å². The van der Waals surface area contributed by atoms with Gasteiger partial charge in [-0.1, -0.05) is 59.9 Å².